The number of pyridine rings is 1. The molecule has 0 aliphatic carbocycles. The first-order chi connectivity index (χ1) is 13.7. The number of aromatic nitrogens is 1. The van der Waals surface area contributed by atoms with Crippen LogP contribution in [-0.4, -0.2) is 23.5 Å². The van der Waals surface area contributed by atoms with Crippen molar-refractivity contribution in [2.75, 3.05) is 11.9 Å². The number of amides is 1. The first-order valence-corrected chi connectivity index (χ1v) is 8.88. The van der Waals surface area contributed by atoms with Crippen molar-refractivity contribution >= 4 is 17.6 Å². The Kier molecular flexibility index (Phi) is 6.36. The van der Waals surface area contributed by atoms with Crippen molar-refractivity contribution in [3.63, 3.8) is 0 Å². The minimum Gasteiger partial charge on any atom is -0.492 e. The summed E-state index contributed by atoms with van der Waals surface area (Å²) in [5, 5.41) is 2.79. The topological polar surface area (TPSA) is 77.5 Å². The van der Waals surface area contributed by atoms with Crippen molar-refractivity contribution in [2.45, 2.75) is 13.0 Å². The Labute approximate surface area is 163 Å². The molecule has 0 aliphatic heterocycles. The largest absolute Gasteiger partial charge is 0.492 e. The molecule has 0 aliphatic rings. The number of carbonyl (C=O) groups is 2. The molecule has 1 heterocycles. The normalized spacial score (nSPS) is 11.3. The molecular weight excluding hydrogens is 356 g/mol. The molecule has 0 radical (unpaired) electrons. The molecule has 2 aromatic carbocycles. The van der Waals surface area contributed by atoms with E-state index in [0.717, 1.165) is 0 Å². The lowest BCUT2D eigenvalue weighted by Gasteiger charge is -2.19. The highest BCUT2D eigenvalue weighted by Gasteiger charge is 2.26. The summed E-state index contributed by atoms with van der Waals surface area (Å²) in [6.45, 7) is 2.32. The van der Waals surface area contributed by atoms with E-state index >= 15 is 0 Å². The van der Waals surface area contributed by atoms with Crippen LogP contribution in [0.4, 0.5) is 5.69 Å². The van der Waals surface area contributed by atoms with Crippen LogP contribution in [0.2, 0.25) is 0 Å². The molecule has 1 amide bonds. The number of nitrogens with one attached hydrogen (secondary N) is 1. The van der Waals surface area contributed by atoms with E-state index in [4.69, 9.17) is 9.47 Å². The fourth-order valence-corrected chi connectivity index (χ4v) is 2.60. The van der Waals surface area contributed by atoms with Crippen LogP contribution < -0.4 is 10.1 Å². The predicted octanol–water partition coefficient (Wildman–Crippen LogP) is 4.02. The fraction of sp³-hybridized carbons (Fsp3) is 0.136. The Bertz CT molecular complexity index is 930. The number of carbonyl (C=O) groups excluding carboxylic acids is 2. The molecule has 0 saturated heterocycles. The van der Waals surface area contributed by atoms with E-state index in [1.807, 2.05) is 19.1 Å². The lowest BCUT2D eigenvalue weighted by molar-refractivity contribution is -0.125. The molecule has 28 heavy (non-hydrogen) atoms. The lowest BCUT2D eigenvalue weighted by Crippen LogP contribution is -2.26. The van der Waals surface area contributed by atoms with Crippen LogP contribution >= 0.6 is 0 Å². The van der Waals surface area contributed by atoms with Gasteiger partial charge in [-0.3, -0.25) is 4.79 Å². The summed E-state index contributed by atoms with van der Waals surface area (Å²) < 4.78 is 11.0. The van der Waals surface area contributed by atoms with Gasteiger partial charge in [-0.05, 0) is 31.2 Å². The van der Waals surface area contributed by atoms with E-state index in [2.05, 4.69) is 10.3 Å². The van der Waals surface area contributed by atoms with Gasteiger partial charge in [0.05, 0.1) is 12.3 Å². The van der Waals surface area contributed by atoms with Crippen LogP contribution in [0.1, 0.15) is 29.1 Å². The minimum absolute atomic E-state index is 0.131. The molecule has 3 aromatic rings. The van der Waals surface area contributed by atoms with Gasteiger partial charge in [0, 0.05) is 11.8 Å². The molecule has 1 unspecified atom stereocenters. The molecule has 0 fully saturated rings. The van der Waals surface area contributed by atoms with Gasteiger partial charge in [-0.15, -0.1) is 0 Å². The average molecular weight is 376 g/mol. The Morgan fingerprint density at radius 2 is 1.68 bits per heavy atom. The third kappa shape index (κ3) is 4.73. The Balaban J connectivity index is 1.85. The quantitative estimate of drug-likeness (QED) is 0.630. The van der Waals surface area contributed by atoms with Crippen molar-refractivity contribution in [3.05, 3.63) is 90.3 Å². The Hall–Kier alpha value is -3.67. The molecule has 142 valence electrons. The van der Waals surface area contributed by atoms with Crippen LogP contribution in [0.15, 0.2) is 79.0 Å². The number of anilines is 1. The first kappa shape index (κ1) is 19.1. The highest BCUT2D eigenvalue weighted by atomic mass is 16.5. The van der Waals surface area contributed by atoms with E-state index < -0.39 is 18.0 Å². The SMILES string of the molecule is CCOc1ccccc1NC(=O)C(OC(=O)c1ccccn1)c1ccccc1. The van der Waals surface area contributed by atoms with Crippen LogP contribution in [0, 0.1) is 0 Å². The van der Waals surface area contributed by atoms with Crippen molar-refractivity contribution in [3.8, 4) is 5.75 Å². The lowest BCUT2D eigenvalue weighted by atomic mass is 10.1. The van der Waals surface area contributed by atoms with Gasteiger partial charge in [0.1, 0.15) is 11.4 Å². The Morgan fingerprint density at radius 3 is 2.39 bits per heavy atom. The first-order valence-electron chi connectivity index (χ1n) is 8.88. The molecule has 1 aromatic heterocycles. The summed E-state index contributed by atoms with van der Waals surface area (Å²) in [6.07, 6.45) is 0.359. The highest BCUT2D eigenvalue weighted by molar-refractivity contribution is 5.98. The number of ether oxygens (including phenoxy) is 2. The summed E-state index contributed by atoms with van der Waals surface area (Å²) in [7, 11) is 0. The van der Waals surface area contributed by atoms with E-state index in [9.17, 15) is 9.59 Å². The molecule has 0 bridgehead atoms. The molecule has 1 atom stereocenters. The molecule has 6 nitrogen and oxygen atoms in total. The molecular formula is C22H20N2O4. The third-order valence-corrected chi connectivity index (χ3v) is 3.88. The zero-order chi connectivity index (χ0) is 19.8. The highest BCUT2D eigenvalue weighted by Crippen LogP contribution is 2.27. The second kappa shape index (κ2) is 9.32. The smallest absolute Gasteiger partial charge is 0.358 e. The van der Waals surface area contributed by atoms with Crippen molar-refractivity contribution in [1.29, 1.82) is 0 Å². The van der Waals surface area contributed by atoms with Crippen LogP contribution in [0.5, 0.6) is 5.75 Å². The van der Waals surface area contributed by atoms with E-state index in [1.54, 1.807) is 54.6 Å². The molecule has 6 heteroatoms. The molecule has 1 N–H and O–H groups in total. The fourth-order valence-electron chi connectivity index (χ4n) is 2.60. The maximum Gasteiger partial charge on any atom is 0.358 e. The number of esters is 1. The second-order valence-electron chi connectivity index (χ2n) is 5.83. The van der Waals surface area contributed by atoms with Crippen LogP contribution in [-0.2, 0) is 9.53 Å². The summed E-state index contributed by atoms with van der Waals surface area (Å²) in [4.78, 5) is 29.4. The van der Waals surface area contributed by atoms with Crippen molar-refractivity contribution < 1.29 is 19.1 Å². The summed E-state index contributed by atoms with van der Waals surface area (Å²) >= 11 is 0. The number of para-hydroxylation sites is 2. The van der Waals surface area contributed by atoms with Gasteiger partial charge in [0.2, 0.25) is 6.10 Å². The van der Waals surface area contributed by atoms with Crippen molar-refractivity contribution in [1.82, 2.24) is 4.98 Å². The van der Waals surface area contributed by atoms with Gasteiger partial charge < -0.3 is 14.8 Å². The Morgan fingerprint density at radius 1 is 0.964 bits per heavy atom. The predicted molar refractivity (Wildman–Crippen MR) is 105 cm³/mol. The van der Waals surface area contributed by atoms with Crippen LogP contribution in [0.25, 0.3) is 0 Å². The number of hydrogen-bond acceptors (Lipinski definition) is 5. The number of rotatable bonds is 7. The van der Waals surface area contributed by atoms with Gasteiger partial charge in [0.15, 0.2) is 0 Å². The molecule has 0 spiro atoms. The number of nitrogens with zero attached hydrogens (tertiary/aromatic N) is 1. The maximum atomic E-state index is 13.0. The van der Waals surface area contributed by atoms with Crippen molar-refractivity contribution in [2.24, 2.45) is 0 Å². The van der Waals surface area contributed by atoms with Gasteiger partial charge >= 0.3 is 5.97 Å². The van der Waals surface area contributed by atoms with Gasteiger partial charge in [-0.1, -0.05) is 48.5 Å². The molecule has 3 rings (SSSR count). The van der Waals surface area contributed by atoms with Gasteiger partial charge in [-0.25, -0.2) is 9.78 Å². The monoisotopic (exact) mass is 376 g/mol. The average Bonchev–Trinajstić information content (AvgIpc) is 2.74. The third-order valence-electron chi connectivity index (χ3n) is 3.88. The van der Waals surface area contributed by atoms with E-state index in [0.29, 0.717) is 23.6 Å². The summed E-state index contributed by atoms with van der Waals surface area (Å²) in [6, 6.07) is 20.8. The zero-order valence-electron chi connectivity index (χ0n) is 15.4. The molecule has 0 saturated carbocycles. The van der Waals surface area contributed by atoms with E-state index in [-0.39, 0.29) is 5.69 Å². The minimum atomic E-state index is -1.13. The van der Waals surface area contributed by atoms with Crippen LogP contribution in [0.3, 0.4) is 0 Å². The standard InChI is InChI=1S/C22H20N2O4/c1-2-27-19-14-7-6-12-17(19)24-21(25)20(16-10-4-3-5-11-16)28-22(26)18-13-8-9-15-23-18/h3-15,20H,2H2,1H3,(H,24,25). The number of benzene rings is 2. The second-order valence-corrected chi connectivity index (χ2v) is 5.83. The maximum absolute atomic E-state index is 13.0. The van der Waals surface area contributed by atoms with E-state index in [1.165, 1.54) is 12.3 Å². The summed E-state index contributed by atoms with van der Waals surface area (Å²) in [5.74, 6) is -0.619. The number of hydrogen-bond donors (Lipinski definition) is 1. The van der Waals surface area contributed by atoms with Gasteiger partial charge in [-0.2, -0.15) is 0 Å². The zero-order valence-corrected chi connectivity index (χ0v) is 15.4. The summed E-state index contributed by atoms with van der Waals surface area (Å²) in [5.41, 5.74) is 1.19. The van der Waals surface area contributed by atoms with Gasteiger partial charge in [0.25, 0.3) is 5.91 Å².